The molecule has 0 bridgehead atoms. The van der Waals surface area contributed by atoms with Crippen LogP contribution in [0.25, 0.3) is 0 Å². The highest BCUT2D eigenvalue weighted by Gasteiger charge is 2.42. The maximum Gasteiger partial charge on any atom is 0.303 e. The molecule has 0 spiro atoms. The number of carboxylic acid groups (broad SMARTS) is 1. The lowest BCUT2D eigenvalue weighted by atomic mass is 9.68. The van der Waals surface area contributed by atoms with E-state index in [1.54, 1.807) is 28.4 Å². The van der Waals surface area contributed by atoms with Crippen molar-refractivity contribution in [3.8, 4) is 23.0 Å². The molecule has 61 heavy (non-hydrogen) atoms. The summed E-state index contributed by atoms with van der Waals surface area (Å²) in [6.45, 7) is 4.80. The van der Waals surface area contributed by atoms with Gasteiger partial charge in [-0.15, -0.1) is 23.5 Å². The molecule has 0 saturated carbocycles. The number of carbonyl (C=O) groups is 2. The molecule has 2 aliphatic rings. The summed E-state index contributed by atoms with van der Waals surface area (Å²) in [4.78, 5) is 23.9. The average Bonchev–Trinajstić information content (AvgIpc) is 3.29. The SMILES string of the molecule is COc1ccc(C2(C)CSc3cc(OC)ccc3C2CCCCCC=CCCC(=O)O)cc1.COc1ccc(C2(C)CSc3cc(OC)ccc3C2CCCCCC=O)cc1. The highest BCUT2D eigenvalue weighted by atomic mass is 32.2. The number of hydrogen-bond donors (Lipinski definition) is 1. The predicted octanol–water partition coefficient (Wildman–Crippen LogP) is 13.2. The molecule has 7 nitrogen and oxygen atoms in total. The molecule has 6 rings (SSSR count). The zero-order valence-electron chi connectivity index (χ0n) is 37.1. The predicted molar refractivity (Wildman–Crippen MR) is 252 cm³/mol. The van der Waals surface area contributed by atoms with Crippen LogP contribution in [0.1, 0.15) is 125 Å². The van der Waals surface area contributed by atoms with Crippen LogP contribution >= 0.6 is 23.5 Å². The van der Waals surface area contributed by atoms with Crippen LogP contribution in [0.2, 0.25) is 0 Å². The summed E-state index contributed by atoms with van der Waals surface area (Å²) >= 11 is 3.85. The Labute approximate surface area is 373 Å². The normalized spacial score (nSPS) is 20.4. The Morgan fingerprint density at radius 1 is 0.590 bits per heavy atom. The Kier molecular flexibility index (Phi) is 18.6. The van der Waals surface area contributed by atoms with Crippen molar-refractivity contribution < 1.29 is 33.6 Å². The van der Waals surface area contributed by atoms with Gasteiger partial charge in [0.15, 0.2) is 0 Å². The standard InChI is InChI=1S/C28H36O4S.C24H30O3S/c1-28(21-13-15-22(31-2)16-14-21)20-33-26-19-23(32-3)17-18-24(26)25(28)11-9-7-5-4-6-8-10-12-27(29)30;1-24(18-9-11-19(26-2)12-10-18)17-28-23-16-20(27-3)13-14-21(23)22(24)8-6-4-5-7-15-25/h6,8,13-19,25H,4-5,7,9-12,20H2,1-3H3,(H,29,30);9-16,22H,4-8,17H2,1-3H3. The number of aliphatic carboxylic acids is 1. The van der Waals surface area contributed by atoms with Gasteiger partial charge in [-0.1, -0.05) is 88.1 Å². The van der Waals surface area contributed by atoms with Crippen LogP contribution in [0.5, 0.6) is 23.0 Å². The van der Waals surface area contributed by atoms with Crippen molar-refractivity contribution in [1.82, 2.24) is 0 Å². The van der Waals surface area contributed by atoms with Gasteiger partial charge in [0.25, 0.3) is 0 Å². The van der Waals surface area contributed by atoms with Crippen molar-refractivity contribution in [1.29, 1.82) is 0 Å². The lowest BCUT2D eigenvalue weighted by molar-refractivity contribution is -0.136. The van der Waals surface area contributed by atoms with Crippen LogP contribution in [0.4, 0.5) is 0 Å². The molecular weight excluding hydrogens is 801 g/mol. The third-order valence-corrected chi connectivity index (χ3v) is 15.5. The summed E-state index contributed by atoms with van der Waals surface area (Å²) in [6.07, 6.45) is 16.7. The Bertz CT molecular complexity index is 2010. The van der Waals surface area contributed by atoms with Crippen molar-refractivity contribution in [2.24, 2.45) is 0 Å². The summed E-state index contributed by atoms with van der Waals surface area (Å²) in [5.74, 6) is 5.86. The number of benzene rings is 4. The number of ether oxygens (including phenoxy) is 4. The third-order valence-electron chi connectivity index (χ3n) is 12.7. The molecule has 0 aliphatic carbocycles. The fourth-order valence-electron chi connectivity index (χ4n) is 8.90. The van der Waals surface area contributed by atoms with Gasteiger partial charge in [-0.05, 0) is 121 Å². The number of hydrogen-bond acceptors (Lipinski definition) is 8. The fourth-order valence-corrected chi connectivity index (χ4v) is 11.7. The molecule has 2 aliphatic heterocycles. The summed E-state index contributed by atoms with van der Waals surface area (Å²) in [5, 5.41) is 8.71. The van der Waals surface area contributed by atoms with Crippen LogP contribution in [0.3, 0.4) is 0 Å². The van der Waals surface area contributed by atoms with E-state index in [9.17, 15) is 9.59 Å². The average molecular weight is 867 g/mol. The number of aldehydes is 1. The third kappa shape index (κ3) is 12.6. The molecule has 9 heteroatoms. The zero-order valence-corrected chi connectivity index (χ0v) is 38.7. The van der Waals surface area contributed by atoms with Crippen molar-refractivity contribution in [2.75, 3.05) is 39.9 Å². The number of rotatable bonds is 21. The summed E-state index contributed by atoms with van der Waals surface area (Å²) in [5.41, 5.74) is 5.69. The van der Waals surface area contributed by atoms with Crippen LogP contribution in [0, 0.1) is 0 Å². The van der Waals surface area contributed by atoms with Crippen molar-refractivity contribution >= 4 is 35.8 Å². The number of allylic oxidation sites excluding steroid dienone is 2. The largest absolute Gasteiger partial charge is 0.497 e. The monoisotopic (exact) mass is 866 g/mol. The van der Waals surface area contributed by atoms with Gasteiger partial charge >= 0.3 is 5.97 Å². The molecule has 328 valence electrons. The molecule has 4 atom stereocenters. The molecule has 4 aromatic rings. The summed E-state index contributed by atoms with van der Waals surface area (Å²) in [6, 6.07) is 30.2. The minimum Gasteiger partial charge on any atom is -0.497 e. The van der Waals surface area contributed by atoms with E-state index in [-0.39, 0.29) is 17.3 Å². The van der Waals surface area contributed by atoms with Gasteiger partial charge in [0.1, 0.15) is 29.3 Å². The number of carboxylic acids is 1. The number of methoxy groups -OCH3 is 4. The second-order valence-corrected chi connectivity index (χ2v) is 18.7. The van der Waals surface area contributed by atoms with Gasteiger partial charge in [-0.25, -0.2) is 0 Å². The molecular formula is C52H66O7S2. The Morgan fingerprint density at radius 2 is 1.00 bits per heavy atom. The molecule has 4 aromatic carbocycles. The molecule has 0 aromatic heterocycles. The molecule has 0 fully saturated rings. The van der Waals surface area contributed by atoms with Crippen LogP contribution in [0.15, 0.2) is 107 Å². The van der Waals surface area contributed by atoms with Crippen LogP contribution in [-0.2, 0) is 20.4 Å². The smallest absolute Gasteiger partial charge is 0.303 e. The second-order valence-electron chi connectivity index (χ2n) is 16.6. The highest BCUT2D eigenvalue weighted by molar-refractivity contribution is 7.99. The first kappa shape index (κ1) is 47.7. The van der Waals surface area contributed by atoms with E-state index in [1.165, 1.54) is 44.9 Å². The second kappa shape index (κ2) is 23.8. The van der Waals surface area contributed by atoms with E-state index in [1.807, 2.05) is 29.6 Å². The first-order chi connectivity index (χ1) is 29.6. The molecule has 0 amide bonds. The number of thioether (sulfide) groups is 2. The first-order valence-corrected chi connectivity index (χ1v) is 23.8. The van der Waals surface area contributed by atoms with Crippen molar-refractivity contribution in [2.45, 2.75) is 123 Å². The van der Waals surface area contributed by atoms with Gasteiger partial charge in [0.05, 0.1) is 28.4 Å². The topological polar surface area (TPSA) is 91.3 Å². The lowest BCUT2D eigenvalue weighted by Gasteiger charge is -2.43. The van der Waals surface area contributed by atoms with Crippen LogP contribution < -0.4 is 18.9 Å². The van der Waals surface area contributed by atoms with E-state index >= 15 is 0 Å². The van der Waals surface area contributed by atoms with Crippen molar-refractivity contribution in [3.63, 3.8) is 0 Å². The van der Waals surface area contributed by atoms with E-state index in [0.29, 0.717) is 24.7 Å². The fraction of sp³-hybridized carbons (Fsp3) is 0.462. The van der Waals surface area contributed by atoms with E-state index in [2.05, 4.69) is 105 Å². The molecule has 2 heterocycles. The zero-order chi connectivity index (χ0) is 43.7. The van der Waals surface area contributed by atoms with Gasteiger partial charge in [0, 0.05) is 45.0 Å². The lowest BCUT2D eigenvalue weighted by Crippen LogP contribution is -2.36. The maximum atomic E-state index is 10.6. The number of unbranched alkanes of at least 4 members (excludes halogenated alkanes) is 6. The quantitative estimate of drug-likeness (QED) is 0.0499. The minimum atomic E-state index is -0.733. The number of fused-ring (bicyclic) bond motifs is 2. The van der Waals surface area contributed by atoms with Gasteiger partial charge in [-0.3, -0.25) is 4.79 Å². The molecule has 0 radical (unpaired) electrons. The number of carbonyl (C=O) groups excluding carboxylic acids is 1. The summed E-state index contributed by atoms with van der Waals surface area (Å²) < 4.78 is 21.7. The van der Waals surface area contributed by atoms with Crippen molar-refractivity contribution in [3.05, 3.63) is 119 Å². The maximum absolute atomic E-state index is 10.6. The van der Waals surface area contributed by atoms with Gasteiger partial charge in [-0.2, -0.15) is 0 Å². The van der Waals surface area contributed by atoms with Gasteiger partial charge < -0.3 is 28.8 Å². The first-order valence-electron chi connectivity index (χ1n) is 21.8. The van der Waals surface area contributed by atoms with Crippen LogP contribution in [-0.4, -0.2) is 57.3 Å². The highest BCUT2D eigenvalue weighted by Crippen LogP contribution is 2.54. The Morgan fingerprint density at radius 3 is 1.41 bits per heavy atom. The van der Waals surface area contributed by atoms with E-state index in [0.717, 1.165) is 85.7 Å². The van der Waals surface area contributed by atoms with E-state index < -0.39 is 5.97 Å². The molecule has 4 unspecified atom stereocenters. The molecule has 0 saturated heterocycles. The summed E-state index contributed by atoms with van der Waals surface area (Å²) in [7, 11) is 6.87. The van der Waals surface area contributed by atoms with E-state index in [4.69, 9.17) is 24.1 Å². The molecule has 1 N–H and O–H groups in total. The Hall–Kier alpha value is -4.34. The Balaban J connectivity index is 0.000000234. The van der Waals surface area contributed by atoms with Gasteiger partial charge in [0.2, 0.25) is 0 Å². The minimum absolute atomic E-state index is 0.0509.